The first-order valence-electron chi connectivity index (χ1n) is 29.3. The van der Waals surface area contributed by atoms with Gasteiger partial charge in [0.2, 0.25) is 0 Å². The maximum absolute atomic E-state index is 2.59. The first kappa shape index (κ1) is 51.6. The van der Waals surface area contributed by atoms with Crippen LogP contribution in [0.2, 0.25) is 39.3 Å². The van der Waals surface area contributed by atoms with E-state index in [0.717, 1.165) is 28.4 Å². The van der Waals surface area contributed by atoms with E-state index in [1.54, 1.807) is 0 Å². The molecule has 0 aliphatic heterocycles. The number of hydrogen-bond acceptors (Lipinski definition) is 2. The molecule has 0 saturated carbocycles. The Morgan fingerprint density at radius 2 is 0.866 bits per heavy atom. The van der Waals surface area contributed by atoms with E-state index in [1.165, 1.54) is 115 Å². The van der Waals surface area contributed by atoms with Crippen molar-refractivity contribution in [3.05, 3.63) is 247 Å². The summed E-state index contributed by atoms with van der Waals surface area (Å²) in [7, 11) is -3.07. The second kappa shape index (κ2) is 18.8. The van der Waals surface area contributed by atoms with Crippen LogP contribution in [0.3, 0.4) is 0 Å². The molecule has 11 aromatic carbocycles. The molecule has 1 aliphatic rings. The molecule has 3 nitrogen and oxygen atoms in total. The van der Waals surface area contributed by atoms with Crippen molar-refractivity contribution in [3.8, 4) is 33.4 Å². The van der Waals surface area contributed by atoms with Crippen molar-refractivity contribution in [3.63, 3.8) is 0 Å². The molecular formula is C77H71N3Si2. The topological polar surface area (TPSA) is 10.9 Å². The molecule has 2 aromatic heterocycles. The molecule has 0 bridgehead atoms. The van der Waals surface area contributed by atoms with E-state index in [1.807, 2.05) is 0 Å². The average Bonchev–Trinajstić information content (AvgIpc) is 1.96. The molecule has 0 fully saturated rings. The normalized spacial score (nSPS) is 13.4. The van der Waals surface area contributed by atoms with Gasteiger partial charge in [-0.3, -0.25) is 0 Å². The van der Waals surface area contributed by atoms with Crippen molar-refractivity contribution in [2.45, 2.75) is 84.7 Å². The molecule has 5 heteroatoms. The molecule has 0 spiro atoms. The summed E-state index contributed by atoms with van der Waals surface area (Å²) >= 11 is 0. The van der Waals surface area contributed by atoms with Crippen LogP contribution < -0.4 is 20.2 Å². The van der Waals surface area contributed by atoms with Crippen molar-refractivity contribution in [1.29, 1.82) is 0 Å². The molecule has 14 rings (SSSR count). The molecule has 2 heterocycles. The van der Waals surface area contributed by atoms with Gasteiger partial charge in [0.1, 0.15) is 0 Å². The van der Waals surface area contributed by atoms with Crippen LogP contribution in [0, 0.1) is 0 Å². The first-order valence-corrected chi connectivity index (χ1v) is 36.3. The van der Waals surface area contributed by atoms with E-state index in [-0.39, 0.29) is 10.8 Å². The summed E-state index contributed by atoms with van der Waals surface area (Å²) in [5.74, 6) is 0. The van der Waals surface area contributed by atoms with E-state index >= 15 is 0 Å². The average molecular weight is 1090 g/mol. The zero-order valence-corrected chi connectivity index (χ0v) is 51.3. The lowest BCUT2D eigenvalue weighted by Crippen LogP contribution is -2.37. The van der Waals surface area contributed by atoms with Gasteiger partial charge < -0.3 is 14.2 Å². The van der Waals surface area contributed by atoms with E-state index < -0.39 is 16.1 Å². The van der Waals surface area contributed by atoms with Gasteiger partial charge in [-0.05, 0) is 163 Å². The molecule has 0 amide bonds. The fourth-order valence-electron chi connectivity index (χ4n) is 13.3. The van der Waals surface area contributed by atoms with E-state index in [2.05, 4.69) is 319 Å². The highest BCUT2D eigenvalue weighted by Gasteiger charge is 2.37. The third-order valence-electron chi connectivity index (χ3n) is 18.0. The Morgan fingerprint density at radius 1 is 0.378 bits per heavy atom. The molecule has 82 heavy (non-hydrogen) atoms. The maximum Gasteiger partial charge on any atom is 0.0775 e. The predicted molar refractivity (Wildman–Crippen MR) is 361 cm³/mol. The van der Waals surface area contributed by atoms with Crippen LogP contribution in [0.1, 0.15) is 51.3 Å². The highest BCUT2D eigenvalue weighted by Crippen LogP contribution is 2.54. The number of anilines is 6. The minimum absolute atomic E-state index is 0.0329. The SMILES string of the molecule is CC(C)(C)c1ccc2c(c1)c1c(N(c3ccc(-c4ccccc4)cc3)c3ccc([Si](C)(C)C)cc3)ccc3c4c5cc6c(cc5ccc4n2c31)C(C)(C)c1cc(N(c2ccc(-c3ccccc3)cc2)c2ccc([Si](C)(C)C)cc2)ccc1-6. The highest BCUT2D eigenvalue weighted by molar-refractivity contribution is 6.89. The van der Waals surface area contributed by atoms with Crippen molar-refractivity contribution >= 4 is 110 Å². The fraction of sp³-hybridized carbons (Fsp3) is 0.169. The van der Waals surface area contributed by atoms with Crippen LogP contribution in [0.15, 0.2) is 231 Å². The van der Waals surface area contributed by atoms with Crippen molar-refractivity contribution in [2.75, 3.05) is 9.80 Å². The van der Waals surface area contributed by atoms with Gasteiger partial charge in [0, 0.05) is 55.4 Å². The maximum atomic E-state index is 2.59. The number of fused-ring (bicyclic) bond motifs is 11. The van der Waals surface area contributed by atoms with E-state index in [0.29, 0.717) is 0 Å². The minimum Gasteiger partial charge on any atom is -0.310 e. The summed E-state index contributed by atoms with van der Waals surface area (Å²) in [6, 6.07) is 87.7. The van der Waals surface area contributed by atoms with Crippen LogP contribution in [-0.2, 0) is 10.8 Å². The minimum atomic E-state index is -1.56. The van der Waals surface area contributed by atoms with Gasteiger partial charge in [-0.15, -0.1) is 0 Å². The largest absolute Gasteiger partial charge is 0.310 e. The van der Waals surface area contributed by atoms with Gasteiger partial charge in [0.15, 0.2) is 0 Å². The summed E-state index contributed by atoms with van der Waals surface area (Å²) in [5, 5.41) is 10.6. The third kappa shape index (κ3) is 8.42. The smallest absolute Gasteiger partial charge is 0.0775 e. The first-order chi connectivity index (χ1) is 39.3. The quantitative estimate of drug-likeness (QED) is 0.126. The van der Waals surface area contributed by atoms with Crippen LogP contribution in [0.25, 0.3) is 82.2 Å². The zero-order chi connectivity index (χ0) is 56.6. The van der Waals surface area contributed by atoms with Gasteiger partial charge in [-0.1, -0.05) is 218 Å². The fourth-order valence-corrected chi connectivity index (χ4v) is 15.7. The van der Waals surface area contributed by atoms with Crippen LogP contribution >= 0.6 is 0 Å². The Kier molecular flexibility index (Phi) is 11.8. The Morgan fingerprint density at radius 3 is 1.40 bits per heavy atom. The van der Waals surface area contributed by atoms with Gasteiger partial charge in [-0.25, -0.2) is 0 Å². The van der Waals surface area contributed by atoms with E-state index in [4.69, 9.17) is 0 Å². The number of nitrogens with zero attached hydrogens (tertiary/aromatic N) is 3. The zero-order valence-electron chi connectivity index (χ0n) is 49.3. The summed E-state index contributed by atoms with van der Waals surface area (Å²) in [6.45, 7) is 26.4. The number of hydrogen-bond donors (Lipinski definition) is 0. The Labute approximate surface area is 486 Å². The third-order valence-corrected chi connectivity index (χ3v) is 22.1. The monoisotopic (exact) mass is 1090 g/mol. The lowest BCUT2D eigenvalue weighted by Gasteiger charge is -2.29. The highest BCUT2D eigenvalue weighted by atomic mass is 28.3. The summed E-state index contributed by atoms with van der Waals surface area (Å²) in [6.07, 6.45) is 0. The Balaban J connectivity index is 0.955. The van der Waals surface area contributed by atoms with Gasteiger partial charge in [-0.2, -0.15) is 0 Å². The summed E-state index contributed by atoms with van der Waals surface area (Å²) in [5.41, 5.74) is 21.9. The lowest BCUT2D eigenvalue weighted by atomic mass is 9.81. The summed E-state index contributed by atoms with van der Waals surface area (Å²) in [4.78, 5) is 4.97. The summed E-state index contributed by atoms with van der Waals surface area (Å²) < 4.78 is 2.59. The molecule has 0 unspecified atom stereocenters. The molecule has 402 valence electrons. The van der Waals surface area contributed by atoms with Crippen LogP contribution in [0.5, 0.6) is 0 Å². The standard InChI is InChI=1S/C77H71N3Si2/c1-76(2,3)55-27-44-70-67(47-55)74-72(79(59-34-39-62(40-35-59)82(9,10)11)58-30-24-53(25-31-58)51-20-16-13-17-21-51)45-42-64-73-65-49-66-63-41-36-60(48-69(63)77(4,5)68(66)46-54(65)26-43-71(73)80(70)75(64)74)78(57-32-37-61(38-33-57)81(6,7)8)56-28-22-52(23-29-56)50-18-14-12-15-19-50/h12-49H,1-11H3. The van der Waals surface area contributed by atoms with E-state index in [9.17, 15) is 0 Å². The molecule has 0 saturated heterocycles. The second-order valence-electron chi connectivity index (χ2n) is 26.7. The Hall–Kier alpha value is -8.49. The molecular weight excluding hydrogens is 1020 g/mol. The Bertz CT molecular complexity index is 4590. The molecule has 1 aliphatic carbocycles. The predicted octanol–water partition coefficient (Wildman–Crippen LogP) is 21.0. The van der Waals surface area contributed by atoms with Crippen molar-refractivity contribution in [2.24, 2.45) is 0 Å². The number of benzene rings is 11. The number of aromatic nitrogens is 1. The number of rotatable bonds is 10. The lowest BCUT2D eigenvalue weighted by molar-refractivity contribution is 0.591. The van der Waals surface area contributed by atoms with Crippen LogP contribution in [0.4, 0.5) is 34.1 Å². The van der Waals surface area contributed by atoms with Gasteiger partial charge in [0.05, 0.1) is 38.4 Å². The molecule has 0 N–H and O–H groups in total. The second-order valence-corrected chi connectivity index (χ2v) is 36.9. The van der Waals surface area contributed by atoms with Gasteiger partial charge in [0.25, 0.3) is 0 Å². The molecule has 0 radical (unpaired) electrons. The molecule has 0 atom stereocenters. The van der Waals surface area contributed by atoms with Crippen LogP contribution in [-0.4, -0.2) is 20.5 Å². The van der Waals surface area contributed by atoms with Crippen molar-refractivity contribution in [1.82, 2.24) is 4.40 Å². The van der Waals surface area contributed by atoms with Gasteiger partial charge >= 0.3 is 0 Å². The van der Waals surface area contributed by atoms with Crippen molar-refractivity contribution < 1.29 is 0 Å². The molecule has 13 aromatic rings.